The van der Waals surface area contributed by atoms with Gasteiger partial charge in [0.15, 0.2) is 0 Å². The number of phenolic OH excluding ortho intramolecular Hbond substituents is 1. The molecule has 0 radical (unpaired) electrons. The van der Waals surface area contributed by atoms with Crippen LogP contribution in [0, 0.1) is 0 Å². The third-order valence-corrected chi connectivity index (χ3v) is 7.27. The van der Waals surface area contributed by atoms with Crippen LogP contribution in [0.5, 0.6) is 11.5 Å². The molecule has 0 saturated heterocycles. The Kier molecular flexibility index (Phi) is 6.67. The van der Waals surface area contributed by atoms with Gasteiger partial charge in [-0.15, -0.1) is 0 Å². The lowest BCUT2D eigenvalue weighted by atomic mass is 10.2. The molecule has 1 amide bonds. The number of hydrogen-bond acceptors (Lipinski definition) is 5. The van der Waals surface area contributed by atoms with Crippen molar-refractivity contribution in [2.45, 2.75) is 0 Å². The van der Waals surface area contributed by atoms with E-state index >= 15 is 0 Å². The van der Waals surface area contributed by atoms with Gasteiger partial charge in [0.25, 0.3) is 5.91 Å². The molecule has 4 aromatic rings. The summed E-state index contributed by atoms with van der Waals surface area (Å²) in [6, 6.07) is 31.3. The number of rotatable bonds is 7. The molecule has 0 atom stereocenters. The van der Waals surface area contributed by atoms with Gasteiger partial charge in [0.1, 0.15) is 11.5 Å². The number of nitrogens with zero attached hydrogens (tertiary/aromatic N) is 1. The largest absolute Gasteiger partial charge is 0.507 e. The van der Waals surface area contributed by atoms with Crippen molar-refractivity contribution < 1.29 is 19.0 Å². The minimum Gasteiger partial charge on any atom is -0.507 e. The number of carbonyl (C=O) groups is 1. The maximum atomic E-state index is 14.2. The van der Waals surface area contributed by atoms with E-state index in [0.29, 0.717) is 21.9 Å². The molecule has 6 nitrogen and oxygen atoms in total. The van der Waals surface area contributed by atoms with Crippen molar-refractivity contribution in [1.82, 2.24) is 5.43 Å². The molecule has 0 aliphatic heterocycles. The summed E-state index contributed by atoms with van der Waals surface area (Å²) in [6.45, 7) is 0. The summed E-state index contributed by atoms with van der Waals surface area (Å²) in [6.07, 6.45) is 1.41. The summed E-state index contributed by atoms with van der Waals surface area (Å²) in [7, 11) is -3.46. The fraction of sp³-hybridized carbons (Fsp3) is 0. The molecule has 33 heavy (non-hydrogen) atoms. The number of phenols is 1. The van der Waals surface area contributed by atoms with E-state index in [9.17, 15) is 14.5 Å². The molecule has 0 heterocycles. The number of hydrazone groups is 1. The second kappa shape index (κ2) is 9.98. The Morgan fingerprint density at radius 1 is 0.788 bits per heavy atom. The Balaban J connectivity index is 1.62. The van der Waals surface area contributed by atoms with Gasteiger partial charge in [-0.05, 0) is 48.5 Å². The Bertz CT molecular complexity index is 1280. The van der Waals surface area contributed by atoms with Crippen molar-refractivity contribution in [3.63, 3.8) is 0 Å². The van der Waals surface area contributed by atoms with Gasteiger partial charge in [-0.25, -0.2) is 5.43 Å². The zero-order chi connectivity index (χ0) is 23.1. The average molecular weight is 456 g/mol. The molecular formula is C26H21N2O4P. The zero-order valence-electron chi connectivity index (χ0n) is 17.5. The zero-order valence-corrected chi connectivity index (χ0v) is 18.4. The highest BCUT2D eigenvalue weighted by atomic mass is 31.2. The molecule has 0 spiro atoms. The van der Waals surface area contributed by atoms with E-state index < -0.39 is 13.3 Å². The van der Waals surface area contributed by atoms with Crippen molar-refractivity contribution >= 4 is 30.1 Å². The van der Waals surface area contributed by atoms with Gasteiger partial charge in [0.2, 0.25) is 0 Å². The van der Waals surface area contributed by atoms with E-state index in [4.69, 9.17) is 4.52 Å². The predicted octanol–water partition coefficient (Wildman–Crippen LogP) is 4.46. The molecule has 0 fully saturated rings. The van der Waals surface area contributed by atoms with Crippen molar-refractivity contribution in [3.8, 4) is 11.5 Å². The average Bonchev–Trinajstić information content (AvgIpc) is 2.86. The molecule has 0 bridgehead atoms. The maximum absolute atomic E-state index is 14.2. The van der Waals surface area contributed by atoms with Crippen molar-refractivity contribution in [2.24, 2.45) is 5.10 Å². The van der Waals surface area contributed by atoms with Crippen LogP contribution in [0.3, 0.4) is 0 Å². The van der Waals surface area contributed by atoms with E-state index in [2.05, 4.69) is 10.5 Å². The maximum Gasteiger partial charge on any atom is 0.306 e. The summed E-state index contributed by atoms with van der Waals surface area (Å²) in [4.78, 5) is 12.3. The normalized spacial score (nSPS) is 11.3. The minimum atomic E-state index is -3.46. The van der Waals surface area contributed by atoms with Crippen LogP contribution in [0.1, 0.15) is 15.9 Å². The fourth-order valence-electron chi connectivity index (χ4n) is 3.20. The lowest BCUT2D eigenvalue weighted by Crippen LogP contribution is -2.20. The smallest absolute Gasteiger partial charge is 0.306 e. The van der Waals surface area contributed by atoms with Crippen LogP contribution >= 0.6 is 7.37 Å². The van der Waals surface area contributed by atoms with E-state index in [-0.39, 0.29) is 11.3 Å². The van der Waals surface area contributed by atoms with E-state index in [0.717, 1.165) is 0 Å². The van der Waals surface area contributed by atoms with Crippen LogP contribution in [-0.4, -0.2) is 17.2 Å². The number of amides is 1. The Morgan fingerprint density at radius 3 is 1.97 bits per heavy atom. The number of aromatic hydroxyl groups is 1. The van der Waals surface area contributed by atoms with Crippen molar-refractivity contribution in [1.29, 1.82) is 0 Å². The van der Waals surface area contributed by atoms with Gasteiger partial charge >= 0.3 is 7.37 Å². The lowest BCUT2D eigenvalue weighted by Gasteiger charge is -2.21. The van der Waals surface area contributed by atoms with Crippen LogP contribution in [0.25, 0.3) is 0 Å². The fourth-order valence-corrected chi connectivity index (χ4v) is 5.28. The third kappa shape index (κ3) is 5.03. The van der Waals surface area contributed by atoms with Gasteiger partial charge in [0.05, 0.1) is 22.4 Å². The first-order chi connectivity index (χ1) is 16.1. The Morgan fingerprint density at radius 2 is 1.33 bits per heavy atom. The number of carbonyl (C=O) groups excluding carboxylic acids is 1. The van der Waals surface area contributed by atoms with Gasteiger partial charge in [-0.1, -0.05) is 60.7 Å². The molecule has 2 N–H and O–H groups in total. The van der Waals surface area contributed by atoms with Gasteiger partial charge < -0.3 is 9.63 Å². The van der Waals surface area contributed by atoms with Crippen LogP contribution in [0.4, 0.5) is 0 Å². The summed E-state index contributed by atoms with van der Waals surface area (Å²) >= 11 is 0. The summed E-state index contributed by atoms with van der Waals surface area (Å²) < 4.78 is 20.4. The SMILES string of the molecule is O=C(N/N=C/c1ccccc1OP(=O)(c1ccccc1)c1ccccc1)c1ccccc1O. The molecular weight excluding hydrogens is 435 g/mol. The first-order valence-corrected chi connectivity index (χ1v) is 11.8. The van der Waals surface area contributed by atoms with Crippen LogP contribution in [0.2, 0.25) is 0 Å². The third-order valence-electron chi connectivity index (χ3n) is 4.86. The van der Waals surface area contributed by atoms with Crippen molar-refractivity contribution in [3.05, 3.63) is 120 Å². The Hall–Kier alpha value is -4.15. The number of benzene rings is 4. The number of hydrogen-bond donors (Lipinski definition) is 2. The van der Waals surface area contributed by atoms with Gasteiger partial charge in [0, 0.05) is 5.56 Å². The molecule has 0 unspecified atom stereocenters. The molecule has 0 aliphatic rings. The first kappa shape index (κ1) is 22.1. The molecule has 0 aliphatic carbocycles. The molecule has 4 rings (SSSR count). The molecule has 7 heteroatoms. The number of nitrogens with one attached hydrogen (secondary N) is 1. The van der Waals surface area contributed by atoms with Crippen LogP contribution in [-0.2, 0) is 4.57 Å². The topological polar surface area (TPSA) is 88.0 Å². The molecule has 0 saturated carbocycles. The highest BCUT2D eigenvalue weighted by Crippen LogP contribution is 2.45. The van der Waals surface area contributed by atoms with E-state index in [1.54, 1.807) is 60.7 Å². The monoisotopic (exact) mass is 456 g/mol. The molecule has 0 aromatic heterocycles. The number of para-hydroxylation sites is 2. The summed E-state index contributed by atoms with van der Waals surface area (Å²) in [5.41, 5.74) is 3.03. The Labute approximate surface area is 191 Å². The van der Waals surface area contributed by atoms with Crippen LogP contribution < -0.4 is 20.6 Å². The van der Waals surface area contributed by atoms with E-state index in [1.807, 2.05) is 36.4 Å². The standard InChI is InChI=1S/C26H21N2O4P/c29-24-17-9-8-16-23(24)26(30)28-27-19-20-11-7-10-18-25(20)32-33(31,21-12-3-1-4-13-21)22-14-5-2-6-15-22/h1-19,29H,(H,28,30)/b27-19+. The second-order valence-electron chi connectivity index (χ2n) is 7.07. The molecule has 164 valence electrons. The highest BCUT2D eigenvalue weighted by Gasteiger charge is 2.30. The highest BCUT2D eigenvalue weighted by molar-refractivity contribution is 7.74. The van der Waals surface area contributed by atoms with Gasteiger partial charge in [-0.2, -0.15) is 5.10 Å². The van der Waals surface area contributed by atoms with Gasteiger partial charge in [-0.3, -0.25) is 9.36 Å². The molecule has 4 aromatic carbocycles. The summed E-state index contributed by atoms with van der Waals surface area (Å²) in [5.74, 6) is -0.336. The second-order valence-corrected chi connectivity index (χ2v) is 9.39. The van der Waals surface area contributed by atoms with Crippen LogP contribution in [0.15, 0.2) is 114 Å². The first-order valence-electron chi connectivity index (χ1n) is 10.2. The lowest BCUT2D eigenvalue weighted by molar-refractivity contribution is 0.0952. The van der Waals surface area contributed by atoms with Crippen molar-refractivity contribution in [2.75, 3.05) is 0 Å². The minimum absolute atomic E-state index is 0.108. The summed E-state index contributed by atoms with van der Waals surface area (Å²) in [5, 5.41) is 14.9. The van der Waals surface area contributed by atoms with E-state index in [1.165, 1.54) is 18.3 Å². The quantitative estimate of drug-likeness (QED) is 0.244. The predicted molar refractivity (Wildman–Crippen MR) is 130 cm³/mol.